The van der Waals surface area contributed by atoms with Crippen molar-refractivity contribution in [2.24, 2.45) is 0 Å². The molecule has 0 saturated heterocycles. The molecule has 0 amide bonds. The molecule has 0 aliphatic rings. The Morgan fingerprint density at radius 3 is 0.824 bits per heavy atom. The Kier molecular flexibility index (Phi) is 8.11. The number of aryl methyl sites for hydroxylation is 1. The van der Waals surface area contributed by atoms with Gasteiger partial charge in [0.15, 0.2) is 69.8 Å². The summed E-state index contributed by atoms with van der Waals surface area (Å²) in [6.45, 7) is 1.62. The Labute approximate surface area is 279 Å². The highest BCUT2D eigenvalue weighted by molar-refractivity contribution is 6.18. The molecule has 0 saturated carbocycles. The van der Waals surface area contributed by atoms with Crippen LogP contribution < -0.4 is 0 Å². The molecule has 1 aromatic heterocycles. The van der Waals surface area contributed by atoms with Crippen molar-refractivity contribution in [3.8, 4) is 44.5 Å². The monoisotopic (exact) mass is 715 g/mol. The summed E-state index contributed by atoms with van der Waals surface area (Å²) < 4.78 is 174. The lowest BCUT2D eigenvalue weighted by Crippen LogP contribution is -2.00. The highest BCUT2D eigenvalue weighted by Crippen LogP contribution is 2.45. The second-order valence-electron chi connectivity index (χ2n) is 11.6. The predicted molar refractivity (Wildman–Crippen MR) is 166 cm³/mol. The fraction of sp³-hybridized carbons (Fsp3) is 0.0526. The maximum absolute atomic E-state index is 14.7. The van der Waals surface area contributed by atoms with Crippen molar-refractivity contribution < 1.29 is 52.7 Å². The molecule has 7 rings (SSSR count). The van der Waals surface area contributed by atoms with E-state index in [2.05, 4.69) is 0 Å². The molecule has 7 aromatic rings. The first-order chi connectivity index (χ1) is 24.2. The van der Waals surface area contributed by atoms with Gasteiger partial charge in [0.1, 0.15) is 0 Å². The number of hydrogen-bond acceptors (Lipinski definition) is 0. The summed E-state index contributed by atoms with van der Waals surface area (Å²) in [4.78, 5) is 0. The average molecular weight is 716 g/mol. The van der Waals surface area contributed by atoms with Crippen LogP contribution >= 0.6 is 0 Å². The van der Waals surface area contributed by atoms with Crippen LogP contribution in [0.5, 0.6) is 0 Å². The molecule has 0 aliphatic carbocycles. The first-order valence-electron chi connectivity index (χ1n) is 14.9. The lowest BCUT2D eigenvalue weighted by Gasteiger charge is -2.15. The summed E-state index contributed by atoms with van der Waals surface area (Å²) in [6.07, 6.45) is 0. The maximum Gasteiger partial charge on any atom is 0.194 e. The van der Waals surface area contributed by atoms with E-state index in [9.17, 15) is 52.7 Å². The van der Waals surface area contributed by atoms with Crippen LogP contribution in [-0.4, -0.2) is 4.57 Å². The van der Waals surface area contributed by atoms with Crippen LogP contribution in [0.25, 0.3) is 66.3 Å². The second-order valence-corrected chi connectivity index (χ2v) is 11.6. The second kappa shape index (κ2) is 12.3. The quantitative estimate of drug-likeness (QED) is 0.124. The Morgan fingerprint density at radius 1 is 0.333 bits per heavy atom. The summed E-state index contributed by atoms with van der Waals surface area (Å²) in [5, 5.41) is 0.229. The van der Waals surface area contributed by atoms with Gasteiger partial charge in [-0.3, -0.25) is 0 Å². The van der Waals surface area contributed by atoms with Gasteiger partial charge in [0.25, 0.3) is 0 Å². The van der Waals surface area contributed by atoms with Crippen molar-refractivity contribution in [3.05, 3.63) is 143 Å². The minimum absolute atomic E-state index is 0.0105. The number of halogens is 12. The van der Waals surface area contributed by atoms with Gasteiger partial charge < -0.3 is 4.57 Å². The predicted octanol–water partition coefficient (Wildman–Crippen LogP) is 12.2. The third-order valence-corrected chi connectivity index (χ3v) is 8.59. The molecule has 0 atom stereocenters. The van der Waals surface area contributed by atoms with Crippen LogP contribution in [0, 0.1) is 69.8 Å². The zero-order valence-electron chi connectivity index (χ0n) is 25.6. The smallest absolute Gasteiger partial charge is 0.194 e. The average Bonchev–Trinajstić information content (AvgIpc) is 3.42. The van der Waals surface area contributed by atoms with Crippen LogP contribution in [0.3, 0.4) is 0 Å². The number of benzene rings is 6. The van der Waals surface area contributed by atoms with Crippen LogP contribution in [-0.2, 0) is 6.54 Å². The number of aromatic nitrogens is 1. The molecule has 0 N–H and O–H groups in total. The lowest BCUT2D eigenvalue weighted by atomic mass is 9.93. The van der Waals surface area contributed by atoms with E-state index >= 15 is 0 Å². The number of nitrogens with zero attached hydrogens (tertiary/aromatic N) is 1. The summed E-state index contributed by atoms with van der Waals surface area (Å²) in [7, 11) is 0. The van der Waals surface area contributed by atoms with Gasteiger partial charge in [-0.25, -0.2) is 52.7 Å². The molecule has 0 unspecified atom stereocenters. The Morgan fingerprint density at radius 2 is 0.569 bits per heavy atom. The van der Waals surface area contributed by atoms with Crippen molar-refractivity contribution in [1.29, 1.82) is 0 Å². The molecule has 0 bridgehead atoms. The first-order valence-corrected chi connectivity index (χ1v) is 14.9. The fourth-order valence-electron chi connectivity index (χ4n) is 6.33. The van der Waals surface area contributed by atoms with E-state index in [0.29, 0.717) is 48.5 Å². The van der Waals surface area contributed by atoms with Gasteiger partial charge in [0.05, 0.1) is 11.0 Å². The van der Waals surface area contributed by atoms with Gasteiger partial charge in [-0.2, -0.15) is 0 Å². The molecule has 0 fully saturated rings. The summed E-state index contributed by atoms with van der Waals surface area (Å²) in [5.41, 5.74) is -1.04. The van der Waals surface area contributed by atoms with Crippen LogP contribution in [0.2, 0.25) is 0 Å². The van der Waals surface area contributed by atoms with Gasteiger partial charge in [0.2, 0.25) is 0 Å². The number of hydrogen-bond donors (Lipinski definition) is 0. The third kappa shape index (κ3) is 5.47. The number of fused-ring (bicyclic) bond motifs is 3. The van der Waals surface area contributed by atoms with E-state index < -0.39 is 69.8 Å². The van der Waals surface area contributed by atoms with Crippen molar-refractivity contribution >= 4 is 21.8 Å². The summed E-state index contributed by atoms with van der Waals surface area (Å²) in [6, 6.07) is 10.4. The zero-order chi connectivity index (χ0) is 36.6. The lowest BCUT2D eigenvalue weighted by molar-refractivity contribution is 0.447. The Hall–Kier alpha value is -5.72. The minimum Gasteiger partial charge on any atom is -0.340 e. The van der Waals surface area contributed by atoms with Crippen molar-refractivity contribution in [3.63, 3.8) is 0 Å². The SMILES string of the molecule is CCn1c2c(-c3cc(F)c(F)c(F)c3)cc(-c3cc(F)c(F)c(F)c3)cc2c2cc(-c3cc(F)c(F)c(F)c3)cc(-c3cc(F)c(F)c(F)c3)c21. The van der Waals surface area contributed by atoms with Crippen molar-refractivity contribution in [2.75, 3.05) is 0 Å². The van der Waals surface area contributed by atoms with Gasteiger partial charge in [0, 0.05) is 28.4 Å². The molecule has 1 heterocycles. The molecular weight excluding hydrogens is 698 g/mol. The van der Waals surface area contributed by atoms with Crippen LogP contribution in [0.1, 0.15) is 6.92 Å². The van der Waals surface area contributed by atoms with Gasteiger partial charge in [-0.15, -0.1) is 0 Å². The van der Waals surface area contributed by atoms with Crippen LogP contribution in [0.15, 0.2) is 72.8 Å². The highest BCUT2D eigenvalue weighted by Gasteiger charge is 2.25. The molecule has 13 heteroatoms. The topological polar surface area (TPSA) is 4.93 Å². The molecular formula is C38H17F12N. The van der Waals surface area contributed by atoms with Crippen molar-refractivity contribution in [2.45, 2.75) is 13.5 Å². The van der Waals surface area contributed by atoms with E-state index in [4.69, 9.17) is 0 Å². The molecule has 0 spiro atoms. The molecule has 51 heavy (non-hydrogen) atoms. The normalized spacial score (nSPS) is 11.7. The standard InChI is InChI=1S/C38H17F12N/c1-2-51-37-21(19-11-29(43)35(49)30(44)12-19)3-15(17-7-25(39)33(47)26(40)8-17)5-23(37)24-6-16(18-9-27(41)34(48)28(42)10-18)4-22(38(24)51)20-13-31(45)36(50)32(46)14-20/h3-14H,2H2,1H3. The highest BCUT2D eigenvalue weighted by atomic mass is 19.2. The molecule has 0 radical (unpaired) electrons. The minimum atomic E-state index is -1.80. The summed E-state index contributed by atoms with van der Waals surface area (Å²) >= 11 is 0. The van der Waals surface area contributed by atoms with Gasteiger partial charge in [-0.1, -0.05) is 0 Å². The van der Waals surface area contributed by atoms with E-state index in [-0.39, 0.29) is 72.9 Å². The molecule has 0 aliphatic heterocycles. The third-order valence-electron chi connectivity index (χ3n) is 8.59. The molecule has 1 nitrogen and oxygen atoms in total. The van der Waals surface area contributed by atoms with Crippen molar-refractivity contribution in [1.82, 2.24) is 4.57 Å². The maximum atomic E-state index is 14.7. The molecule has 6 aromatic carbocycles. The molecule has 258 valence electrons. The van der Waals surface area contributed by atoms with Crippen LogP contribution in [0.4, 0.5) is 52.7 Å². The van der Waals surface area contributed by atoms with Gasteiger partial charge >= 0.3 is 0 Å². The van der Waals surface area contributed by atoms with E-state index in [1.807, 2.05) is 0 Å². The largest absolute Gasteiger partial charge is 0.340 e. The van der Waals surface area contributed by atoms with E-state index in [0.717, 1.165) is 0 Å². The van der Waals surface area contributed by atoms with Gasteiger partial charge in [-0.05, 0) is 113 Å². The van der Waals surface area contributed by atoms with E-state index in [1.54, 1.807) is 6.92 Å². The zero-order valence-corrected chi connectivity index (χ0v) is 25.6. The van der Waals surface area contributed by atoms with E-state index in [1.165, 1.54) is 28.8 Å². The summed E-state index contributed by atoms with van der Waals surface area (Å²) in [5.74, 6) is -19.8. The number of rotatable bonds is 5. The Balaban J connectivity index is 1.70. The Bertz CT molecular complexity index is 2340. The fourth-order valence-corrected chi connectivity index (χ4v) is 6.33. The first kappa shape index (κ1) is 33.8.